The molecule has 0 aromatic heterocycles. The Morgan fingerprint density at radius 3 is 2.53 bits per heavy atom. The van der Waals surface area contributed by atoms with Crippen LogP contribution in [0.3, 0.4) is 0 Å². The van der Waals surface area contributed by atoms with Gasteiger partial charge in [0, 0.05) is 23.2 Å². The number of aromatic carboxylic acids is 1. The van der Waals surface area contributed by atoms with Crippen LogP contribution in [0.15, 0.2) is 34.8 Å². The lowest BCUT2D eigenvalue weighted by Crippen LogP contribution is -2.18. The van der Waals surface area contributed by atoms with Crippen molar-refractivity contribution in [1.82, 2.24) is 0 Å². The van der Waals surface area contributed by atoms with Crippen LogP contribution in [0.4, 0.5) is 5.69 Å². The maximum absolute atomic E-state index is 10.9. The second kappa shape index (κ2) is 4.06. The zero-order valence-electron chi connectivity index (χ0n) is 7.98. The zero-order valence-corrected chi connectivity index (χ0v) is 9.57. The summed E-state index contributed by atoms with van der Waals surface area (Å²) in [6.07, 6.45) is 4.14. The molecule has 0 amide bonds. The van der Waals surface area contributed by atoms with Gasteiger partial charge < -0.3 is 10.0 Å². The lowest BCUT2D eigenvalue weighted by atomic mass is 10.2. The van der Waals surface area contributed by atoms with E-state index in [2.05, 4.69) is 33.0 Å². The van der Waals surface area contributed by atoms with E-state index in [0.29, 0.717) is 5.56 Å². The van der Waals surface area contributed by atoms with E-state index in [1.165, 1.54) is 0 Å². The van der Waals surface area contributed by atoms with Gasteiger partial charge in [-0.1, -0.05) is 28.1 Å². The van der Waals surface area contributed by atoms with E-state index < -0.39 is 5.97 Å². The number of halogens is 1. The Hall–Kier alpha value is -1.29. The van der Waals surface area contributed by atoms with Crippen molar-refractivity contribution >= 4 is 27.6 Å². The molecule has 4 heteroatoms. The molecule has 1 heterocycles. The Balaban J connectivity index is 2.35. The second-order valence-electron chi connectivity index (χ2n) is 3.38. The van der Waals surface area contributed by atoms with Gasteiger partial charge in [0.25, 0.3) is 0 Å². The Morgan fingerprint density at radius 2 is 1.93 bits per heavy atom. The predicted molar refractivity (Wildman–Crippen MR) is 62.5 cm³/mol. The summed E-state index contributed by atoms with van der Waals surface area (Å²) >= 11 is 3.32. The standard InChI is InChI=1S/C11H10BrNO2/c12-9-5-8(11(14)15)6-10(7-9)13-3-1-2-4-13/h1-2,5-7H,3-4H2,(H,14,15). The number of rotatable bonds is 2. The lowest BCUT2D eigenvalue weighted by molar-refractivity contribution is 0.0697. The Bertz CT molecular complexity index is 421. The van der Waals surface area contributed by atoms with Crippen molar-refractivity contribution in [3.05, 3.63) is 40.4 Å². The topological polar surface area (TPSA) is 40.5 Å². The molecule has 1 aromatic carbocycles. The third-order valence-corrected chi connectivity index (χ3v) is 2.77. The maximum atomic E-state index is 10.9. The van der Waals surface area contributed by atoms with E-state index in [9.17, 15) is 4.79 Å². The van der Waals surface area contributed by atoms with Gasteiger partial charge in [-0.05, 0) is 18.2 Å². The van der Waals surface area contributed by atoms with Gasteiger partial charge in [-0.2, -0.15) is 0 Å². The van der Waals surface area contributed by atoms with Crippen LogP contribution in [-0.2, 0) is 0 Å². The zero-order chi connectivity index (χ0) is 10.8. The van der Waals surface area contributed by atoms with E-state index in [0.717, 1.165) is 23.2 Å². The number of carbonyl (C=O) groups is 1. The molecule has 0 saturated heterocycles. The number of carboxylic acids is 1. The molecule has 1 aliphatic rings. The molecule has 1 N–H and O–H groups in total. The van der Waals surface area contributed by atoms with Crippen LogP contribution in [-0.4, -0.2) is 24.2 Å². The molecule has 0 unspecified atom stereocenters. The average Bonchev–Trinajstić information content (AvgIpc) is 2.69. The Morgan fingerprint density at radius 1 is 1.27 bits per heavy atom. The van der Waals surface area contributed by atoms with Crippen LogP contribution >= 0.6 is 15.9 Å². The third kappa shape index (κ3) is 2.21. The van der Waals surface area contributed by atoms with Crippen molar-refractivity contribution in [3.63, 3.8) is 0 Å². The highest BCUT2D eigenvalue weighted by Crippen LogP contribution is 2.24. The highest BCUT2D eigenvalue weighted by molar-refractivity contribution is 9.10. The van der Waals surface area contributed by atoms with Gasteiger partial charge in [-0.15, -0.1) is 0 Å². The van der Waals surface area contributed by atoms with Gasteiger partial charge in [-0.3, -0.25) is 0 Å². The first-order valence-corrected chi connectivity index (χ1v) is 5.40. The first-order valence-electron chi connectivity index (χ1n) is 4.60. The third-order valence-electron chi connectivity index (χ3n) is 2.31. The maximum Gasteiger partial charge on any atom is 0.335 e. The highest BCUT2D eigenvalue weighted by atomic mass is 79.9. The summed E-state index contributed by atoms with van der Waals surface area (Å²) in [6.45, 7) is 1.69. The van der Waals surface area contributed by atoms with Gasteiger partial charge in [0.15, 0.2) is 0 Å². The van der Waals surface area contributed by atoms with E-state index in [1.54, 1.807) is 12.1 Å². The molecule has 1 aromatic rings. The number of hydrogen-bond donors (Lipinski definition) is 1. The summed E-state index contributed by atoms with van der Waals surface area (Å²) in [5.41, 5.74) is 1.25. The number of hydrogen-bond acceptors (Lipinski definition) is 2. The quantitative estimate of drug-likeness (QED) is 0.838. The molecule has 78 valence electrons. The summed E-state index contributed by atoms with van der Waals surface area (Å²) in [4.78, 5) is 13.0. The smallest absolute Gasteiger partial charge is 0.335 e. The molecule has 0 atom stereocenters. The van der Waals surface area contributed by atoms with Crippen LogP contribution in [0.25, 0.3) is 0 Å². The molecule has 2 rings (SSSR count). The molecule has 0 fully saturated rings. The predicted octanol–water partition coefficient (Wildman–Crippen LogP) is 2.52. The van der Waals surface area contributed by atoms with Crippen molar-refractivity contribution in [2.24, 2.45) is 0 Å². The van der Waals surface area contributed by atoms with Crippen molar-refractivity contribution in [2.45, 2.75) is 0 Å². The summed E-state index contributed by atoms with van der Waals surface area (Å²) in [5.74, 6) is -0.898. The van der Waals surface area contributed by atoms with Crippen molar-refractivity contribution < 1.29 is 9.90 Å². The van der Waals surface area contributed by atoms with Crippen molar-refractivity contribution in [3.8, 4) is 0 Å². The first kappa shape index (κ1) is 10.2. The van der Waals surface area contributed by atoms with Crippen molar-refractivity contribution in [2.75, 3.05) is 18.0 Å². The van der Waals surface area contributed by atoms with Gasteiger partial charge in [0.05, 0.1) is 5.56 Å². The van der Waals surface area contributed by atoms with Crippen LogP contribution in [0.2, 0.25) is 0 Å². The van der Waals surface area contributed by atoms with Crippen LogP contribution in [0.5, 0.6) is 0 Å². The van der Waals surface area contributed by atoms with Gasteiger partial charge in [0.1, 0.15) is 0 Å². The molecular formula is C11H10BrNO2. The highest BCUT2D eigenvalue weighted by Gasteiger charge is 2.11. The minimum Gasteiger partial charge on any atom is -0.478 e. The first-order chi connectivity index (χ1) is 7.16. The monoisotopic (exact) mass is 267 g/mol. The fourth-order valence-electron chi connectivity index (χ4n) is 1.57. The lowest BCUT2D eigenvalue weighted by Gasteiger charge is -2.18. The van der Waals surface area contributed by atoms with Crippen LogP contribution in [0, 0.1) is 0 Å². The minimum absolute atomic E-state index is 0.311. The molecule has 0 aliphatic carbocycles. The average molecular weight is 268 g/mol. The molecule has 3 nitrogen and oxygen atoms in total. The molecule has 1 aliphatic heterocycles. The van der Waals surface area contributed by atoms with E-state index in [1.807, 2.05) is 6.07 Å². The normalized spacial score (nSPS) is 14.6. The summed E-state index contributed by atoms with van der Waals surface area (Å²) in [5, 5.41) is 8.92. The molecular weight excluding hydrogens is 258 g/mol. The van der Waals surface area contributed by atoms with Gasteiger partial charge in [0.2, 0.25) is 0 Å². The summed E-state index contributed by atoms with van der Waals surface area (Å²) in [7, 11) is 0. The minimum atomic E-state index is -0.898. The van der Waals surface area contributed by atoms with Crippen LogP contribution < -0.4 is 4.90 Å². The van der Waals surface area contributed by atoms with Crippen LogP contribution in [0.1, 0.15) is 10.4 Å². The Kier molecular flexibility index (Phi) is 2.77. The fraction of sp³-hybridized carbons (Fsp3) is 0.182. The Labute approximate surface area is 96.1 Å². The molecule has 0 radical (unpaired) electrons. The molecule has 0 spiro atoms. The fourth-order valence-corrected chi connectivity index (χ4v) is 2.05. The van der Waals surface area contributed by atoms with Crippen molar-refractivity contribution in [1.29, 1.82) is 0 Å². The number of anilines is 1. The second-order valence-corrected chi connectivity index (χ2v) is 4.30. The van der Waals surface area contributed by atoms with E-state index >= 15 is 0 Å². The molecule has 0 bridgehead atoms. The molecule has 0 saturated carbocycles. The van der Waals surface area contributed by atoms with E-state index in [-0.39, 0.29) is 0 Å². The largest absolute Gasteiger partial charge is 0.478 e. The molecule has 15 heavy (non-hydrogen) atoms. The van der Waals surface area contributed by atoms with Gasteiger partial charge >= 0.3 is 5.97 Å². The van der Waals surface area contributed by atoms with E-state index in [4.69, 9.17) is 5.11 Å². The number of nitrogens with zero attached hydrogens (tertiary/aromatic N) is 1. The number of benzene rings is 1. The summed E-state index contributed by atoms with van der Waals surface area (Å²) < 4.78 is 0.796. The number of carboxylic acid groups (broad SMARTS) is 1. The summed E-state index contributed by atoms with van der Waals surface area (Å²) in [6, 6.07) is 5.23. The SMILES string of the molecule is O=C(O)c1cc(Br)cc(N2CC=CC2)c1. The van der Waals surface area contributed by atoms with Gasteiger partial charge in [-0.25, -0.2) is 4.79 Å².